The van der Waals surface area contributed by atoms with E-state index < -0.39 is 11.9 Å². The van der Waals surface area contributed by atoms with E-state index in [4.69, 9.17) is 4.74 Å². The summed E-state index contributed by atoms with van der Waals surface area (Å²) in [4.78, 5) is 53.8. The predicted octanol–water partition coefficient (Wildman–Crippen LogP) is 3.66. The van der Waals surface area contributed by atoms with E-state index >= 15 is 0 Å². The zero-order chi connectivity index (χ0) is 24.0. The molecular weight excluding hydrogens is 432 g/mol. The van der Waals surface area contributed by atoms with Gasteiger partial charge in [-0.15, -0.1) is 0 Å². The molecule has 0 saturated carbocycles. The van der Waals surface area contributed by atoms with Crippen LogP contribution >= 0.6 is 0 Å². The van der Waals surface area contributed by atoms with Crippen LogP contribution in [0.2, 0.25) is 0 Å². The molecule has 7 heteroatoms. The fraction of sp³-hybridized carbons (Fsp3) is 0.333. The summed E-state index contributed by atoms with van der Waals surface area (Å²) in [6.07, 6.45) is 4.63. The third-order valence-corrected chi connectivity index (χ3v) is 6.99. The predicted molar refractivity (Wildman–Crippen MR) is 126 cm³/mol. The highest BCUT2D eigenvalue weighted by Gasteiger charge is 2.50. The molecule has 4 atom stereocenters. The number of allylic oxidation sites excluding steroid dienone is 2. The van der Waals surface area contributed by atoms with E-state index in [-0.39, 0.29) is 48.4 Å². The quantitative estimate of drug-likeness (QED) is 0.302. The van der Waals surface area contributed by atoms with Gasteiger partial charge in [0.25, 0.3) is 0 Å². The molecule has 0 spiro atoms. The van der Waals surface area contributed by atoms with Crippen molar-refractivity contribution in [2.24, 2.45) is 23.7 Å². The Morgan fingerprint density at radius 1 is 0.941 bits per heavy atom. The molecule has 0 aromatic heterocycles. The van der Waals surface area contributed by atoms with E-state index in [1.54, 1.807) is 29.2 Å². The summed E-state index contributed by atoms with van der Waals surface area (Å²) < 4.78 is 5.52. The van der Waals surface area contributed by atoms with Crippen LogP contribution in [0.5, 0.6) is 5.75 Å². The lowest BCUT2D eigenvalue weighted by Crippen LogP contribution is -2.31. The van der Waals surface area contributed by atoms with Gasteiger partial charge in [-0.25, -0.2) is 0 Å². The first-order valence-corrected chi connectivity index (χ1v) is 11.6. The third kappa shape index (κ3) is 3.81. The lowest BCUT2D eigenvalue weighted by Gasteiger charge is -2.22. The molecule has 2 aromatic carbocycles. The number of amides is 3. The first-order valence-electron chi connectivity index (χ1n) is 11.6. The minimum atomic E-state index is -0.563. The van der Waals surface area contributed by atoms with Gasteiger partial charge in [-0.2, -0.15) is 0 Å². The second kappa shape index (κ2) is 8.56. The number of hydrogen-bond donors (Lipinski definition) is 0. The van der Waals surface area contributed by atoms with E-state index in [2.05, 4.69) is 0 Å². The molecule has 3 amide bonds. The highest BCUT2D eigenvalue weighted by molar-refractivity contribution is 6.22. The molecule has 0 radical (unpaired) electrons. The van der Waals surface area contributed by atoms with Gasteiger partial charge in [0.05, 0.1) is 23.4 Å². The van der Waals surface area contributed by atoms with Crippen LogP contribution < -0.4 is 14.5 Å². The average Bonchev–Trinajstić information content (AvgIpc) is 3.33. The molecule has 174 valence electrons. The van der Waals surface area contributed by atoms with Crippen LogP contribution in [0.3, 0.4) is 0 Å². The molecule has 1 aliphatic carbocycles. The second-order valence-corrected chi connectivity index (χ2v) is 9.32. The van der Waals surface area contributed by atoms with E-state index in [0.29, 0.717) is 17.9 Å². The summed E-state index contributed by atoms with van der Waals surface area (Å²) in [6, 6.07) is 14.0. The van der Waals surface area contributed by atoms with E-state index in [9.17, 15) is 19.2 Å². The van der Waals surface area contributed by atoms with Crippen molar-refractivity contribution < 1.29 is 23.9 Å². The summed E-state index contributed by atoms with van der Waals surface area (Å²) in [5.41, 5.74) is 2.33. The zero-order valence-corrected chi connectivity index (χ0v) is 19.1. The fourth-order valence-corrected chi connectivity index (χ4v) is 5.10. The number of nitrogens with zero attached hydrogens (tertiary/aromatic N) is 2. The van der Waals surface area contributed by atoms with Gasteiger partial charge < -0.3 is 9.64 Å². The van der Waals surface area contributed by atoms with E-state index in [0.717, 1.165) is 11.3 Å². The van der Waals surface area contributed by atoms with Crippen LogP contribution in [0.4, 0.5) is 11.4 Å². The number of imide groups is 1. The Kier molecular flexibility index (Phi) is 5.55. The fourth-order valence-electron chi connectivity index (χ4n) is 5.10. The molecule has 5 rings (SSSR count). The topological polar surface area (TPSA) is 84.0 Å². The van der Waals surface area contributed by atoms with Crippen molar-refractivity contribution in [2.45, 2.75) is 26.7 Å². The van der Waals surface area contributed by atoms with Crippen LogP contribution in [0.1, 0.15) is 25.3 Å². The van der Waals surface area contributed by atoms with Crippen molar-refractivity contribution in [1.29, 1.82) is 0 Å². The number of esters is 1. The first kappa shape index (κ1) is 22.1. The number of carbonyl (C=O) groups excluding carboxylic acids is 4. The maximum atomic E-state index is 12.9. The highest BCUT2D eigenvalue weighted by atomic mass is 16.5. The molecule has 2 aromatic rings. The average molecular weight is 459 g/mol. The number of ether oxygens (including phenoxy) is 1. The first-order chi connectivity index (χ1) is 16.3. The molecule has 2 saturated heterocycles. The van der Waals surface area contributed by atoms with Gasteiger partial charge in [-0.1, -0.05) is 36.8 Å². The molecule has 7 nitrogen and oxygen atoms in total. The number of anilines is 2. The van der Waals surface area contributed by atoms with Gasteiger partial charge in [0.15, 0.2) is 0 Å². The lowest BCUT2D eigenvalue weighted by molar-refractivity contribution is -0.139. The Morgan fingerprint density at radius 3 is 2.29 bits per heavy atom. The molecule has 2 fully saturated rings. The Balaban J connectivity index is 1.25. The van der Waals surface area contributed by atoms with Crippen LogP contribution in [0, 0.1) is 30.6 Å². The Morgan fingerprint density at radius 2 is 1.62 bits per heavy atom. The molecule has 2 aliphatic heterocycles. The number of hydrogen-bond acceptors (Lipinski definition) is 5. The van der Waals surface area contributed by atoms with Crippen molar-refractivity contribution in [2.75, 3.05) is 16.3 Å². The van der Waals surface area contributed by atoms with Gasteiger partial charge in [-0.3, -0.25) is 24.1 Å². The second-order valence-electron chi connectivity index (χ2n) is 9.32. The maximum Gasteiger partial charge on any atom is 0.316 e. The van der Waals surface area contributed by atoms with Crippen molar-refractivity contribution in [1.82, 2.24) is 0 Å². The summed E-state index contributed by atoms with van der Waals surface area (Å²) in [7, 11) is 0. The van der Waals surface area contributed by atoms with Crippen molar-refractivity contribution >= 4 is 35.1 Å². The van der Waals surface area contributed by atoms with Crippen molar-refractivity contribution in [3.63, 3.8) is 0 Å². The maximum absolute atomic E-state index is 12.9. The van der Waals surface area contributed by atoms with Crippen molar-refractivity contribution in [3.05, 3.63) is 66.2 Å². The minimum Gasteiger partial charge on any atom is -0.426 e. The summed E-state index contributed by atoms with van der Waals surface area (Å²) in [5.74, 6) is -1.84. The number of carbonyl (C=O) groups is 4. The summed E-state index contributed by atoms with van der Waals surface area (Å²) in [6.45, 7) is 4.20. The monoisotopic (exact) mass is 458 g/mol. The molecule has 34 heavy (non-hydrogen) atoms. The van der Waals surface area contributed by atoms with Crippen LogP contribution in [-0.4, -0.2) is 30.2 Å². The Bertz CT molecular complexity index is 1180. The lowest BCUT2D eigenvalue weighted by atomic mass is 9.78. The molecule has 0 unspecified atom stereocenters. The molecular formula is C27H26N2O5. The van der Waals surface area contributed by atoms with Crippen molar-refractivity contribution in [3.8, 4) is 5.75 Å². The normalized spacial score (nSPS) is 26.2. The number of aryl methyl sites for hydroxylation is 1. The van der Waals surface area contributed by atoms with Gasteiger partial charge in [0.1, 0.15) is 5.75 Å². The van der Waals surface area contributed by atoms with Gasteiger partial charge in [0, 0.05) is 18.7 Å². The summed E-state index contributed by atoms with van der Waals surface area (Å²) in [5, 5.41) is 0. The van der Waals surface area contributed by atoms with Gasteiger partial charge in [-0.05, 0) is 55.7 Å². The minimum absolute atomic E-state index is 0.0222. The molecule has 2 heterocycles. The van der Waals surface area contributed by atoms with Crippen LogP contribution in [0.25, 0.3) is 0 Å². The zero-order valence-electron chi connectivity index (χ0n) is 19.1. The smallest absolute Gasteiger partial charge is 0.316 e. The standard InChI is InChI=1S/C27H26N2O5/c1-16-6-8-19(9-7-16)28-15-18(14-23(28)30)27(33)34-21-12-10-20(11-13-21)29-25(31)22-5-3-4-17(2)24(22)26(29)32/h3-4,6-13,17-18,22,24H,5,14-15H2,1-2H3/t17-,18-,22-,24+/m1/s1. The molecule has 0 bridgehead atoms. The number of fused-ring (bicyclic) bond motifs is 1. The molecule has 0 N–H and O–H groups in total. The Labute approximate surface area is 198 Å². The summed E-state index contributed by atoms with van der Waals surface area (Å²) >= 11 is 0. The van der Waals surface area contributed by atoms with Gasteiger partial charge >= 0.3 is 5.97 Å². The third-order valence-electron chi connectivity index (χ3n) is 6.99. The Hall–Kier alpha value is -3.74. The number of rotatable bonds is 4. The molecule has 3 aliphatic rings. The number of benzene rings is 2. The van der Waals surface area contributed by atoms with Crippen LogP contribution in [0.15, 0.2) is 60.7 Å². The van der Waals surface area contributed by atoms with Gasteiger partial charge in [0.2, 0.25) is 17.7 Å². The highest BCUT2D eigenvalue weighted by Crippen LogP contribution is 2.40. The SMILES string of the molecule is Cc1ccc(N2C[C@H](C(=O)Oc3ccc(N4C(=O)[C@H]5[C@H](C)C=CC[C@H]5C4=O)cc3)CC2=O)cc1. The van der Waals surface area contributed by atoms with E-state index in [1.165, 1.54) is 4.90 Å². The van der Waals surface area contributed by atoms with E-state index in [1.807, 2.05) is 50.3 Å². The van der Waals surface area contributed by atoms with Crippen LogP contribution in [-0.2, 0) is 19.2 Å². The largest absolute Gasteiger partial charge is 0.426 e.